The summed E-state index contributed by atoms with van der Waals surface area (Å²) in [4.78, 5) is 24.4. The highest BCUT2D eigenvalue weighted by atomic mass is 32.2. The van der Waals surface area contributed by atoms with Crippen LogP contribution in [-0.4, -0.2) is 34.7 Å². The molecule has 0 bridgehead atoms. The maximum Gasteiger partial charge on any atom is 0.252 e. The molecule has 7 heteroatoms. The number of allylic oxidation sites excluding steroid dienone is 2. The lowest BCUT2D eigenvalue weighted by atomic mass is 10.1. The van der Waals surface area contributed by atoms with E-state index < -0.39 is 0 Å². The standard InChI is InChI=1S/C28H50N4O2S/c1-5-7-9-11-13-15-17-19-21-23-29-31-27(33)25(3)35-26(4)28(34)32-30-24-22-20-18-16-14-12-10-8-6-2/h5-6,23-26H,1-2,7-22H2,3-4H3,(H,31,33)(H,32,34)/b29-23-,30-24+/t25-,26-/m0/s1. The number of hydrazone groups is 2. The van der Waals surface area contributed by atoms with E-state index in [0.29, 0.717) is 0 Å². The monoisotopic (exact) mass is 506 g/mol. The first-order valence-corrected chi connectivity index (χ1v) is 14.5. The number of hydrogen-bond donors (Lipinski definition) is 2. The van der Waals surface area contributed by atoms with Crippen molar-refractivity contribution in [3.63, 3.8) is 0 Å². The summed E-state index contributed by atoms with van der Waals surface area (Å²) in [7, 11) is 0. The highest BCUT2D eigenvalue weighted by Crippen LogP contribution is 2.18. The van der Waals surface area contributed by atoms with Gasteiger partial charge in [-0.3, -0.25) is 9.59 Å². The van der Waals surface area contributed by atoms with Gasteiger partial charge in [-0.05, 0) is 65.2 Å². The predicted molar refractivity (Wildman–Crippen MR) is 154 cm³/mol. The number of unbranched alkanes of at least 4 members (excludes halogenated alkanes) is 14. The van der Waals surface area contributed by atoms with Crippen molar-refractivity contribution in [2.24, 2.45) is 10.2 Å². The van der Waals surface area contributed by atoms with E-state index in [1.165, 1.54) is 76.0 Å². The number of nitrogens with one attached hydrogen (secondary N) is 2. The number of amides is 2. The minimum Gasteiger partial charge on any atom is -0.272 e. The van der Waals surface area contributed by atoms with E-state index >= 15 is 0 Å². The molecular formula is C28H50N4O2S. The minimum absolute atomic E-state index is 0.193. The Balaban J connectivity index is 3.79. The fourth-order valence-electron chi connectivity index (χ4n) is 3.42. The number of thioether (sulfide) groups is 1. The Labute approximate surface area is 218 Å². The molecule has 2 N–H and O–H groups in total. The van der Waals surface area contributed by atoms with Crippen LogP contribution < -0.4 is 10.9 Å². The first-order valence-electron chi connectivity index (χ1n) is 13.5. The molecule has 0 saturated carbocycles. The molecule has 0 unspecified atom stereocenters. The van der Waals surface area contributed by atoms with Crippen LogP contribution in [0.2, 0.25) is 0 Å². The van der Waals surface area contributed by atoms with Crippen LogP contribution in [0.25, 0.3) is 0 Å². The van der Waals surface area contributed by atoms with E-state index in [2.05, 4.69) is 34.2 Å². The van der Waals surface area contributed by atoms with Crippen LogP contribution in [0.4, 0.5) is 0 Å². The van der Waals surface area contributed by atoms with Gasteiger partial charge in [0.2, 0.25) is 0 Å². The lowest BCUT2D eigenvalue weighted by Gasteiger charge is -2.14. The molecule has 0 saturated heterocycles. The van der Waals surface area contributed by atoms with Crippen molar-refractivity contribution in [1.29, 1.82) is 0 Å². The molecule has 0 aliphatic heterocycles. The number of nitrogens with zero attached hydrogens (tertiary/aromatic N) is 2. The van der Waals surface area contributed by atoms with Gasteiger partial charge in [-0.1, -0.05) is 63.5 Å². The van der Waals surface area contributed by atoms with Crippen molar-refractivity contribution in [1.82, 2.24) is 10.9 Å². The van der Waals surface area contributed by atoms with Gasteiger partial charge in [0.1, 0.15) is 0 Å². The third-order valence-electron chi connectivity index (χ3n) is 5.66. The second-order valence-corrected chi connectivity index (χ2v) is 10.7. The maximum atomic E-state index is 12.2. The molecule has 35 heavy (non-hydrogen) atoms. The molecule has 0 aromatic heterocycles. The Morgan fingerprint density at radius 1 is 0.629 bits per heavy atom. The van der Waals surface area contributed by atoms with Gasteiger partial charge in [0.15, 0.2) is 0 Å². The van der Waals surface area contributed by atoms with Crippen LogP contribution in [-0.2, 0) is 9.59 Å². The lowest BCUT2D eigenvalue weighted by molar-refractivity contribution is -0.120. The Hall–Kier alpha value is -1.89. The number of rotatable bonds is 24. The van der Waals surface area contributed by atoms with Gasteiger partial charge in [-0.25, -0.2) is 10.9 Å². The summed E-state index contributed by atoms with van der Waals surface area (Å²) in [6.07, 6.45) is 26.0. The summed E-state index contributed by atoms with van der Waals surface area (Å²) in [5.41, 5.74) is 5.15. The molecule has 0 aromatic carbocycles. The Kier molecular flexibility index (Phi) is 23.8. The van der Waals surface area contributed by atoms with E-state index in [1.54, 1.807) is 26.3 Å². The van der Waals surface area contributed by atoms with Crippen LogP contribution >= 0.6 is 11.8 Å². The third-order valence-corrected chi connectivity index (χ3v) is 6.91. The zero-order valence-corrected chi connectivity index (χ0v) is 23.1. The van der Waals surface area contributed by atoms with Crippen molar-refractivity contribution in [3.8, 4) is 0 Å². The molecule has 0 spiro atoms. The van der Waals surface area contributed by atoms with Crippen molar-refractivity contribution in [2.75, 3.05) is 0 Å². The largest absolute Gasteiger partial charge is 0.272 e. The van der Waals surface area contributed by atoms with Crippen LogP contribution in [0.15, 0.2) is 35.5 Å². The average molecular weight is 507 g/mol. The molecule has 6 nitrogen and oxygen atoms in total. The molecule has 0 aromatic rings. The van der Waals surface area contributed by atoms with Gasteiger partial charge < -0.3 is 0 Å². The summed E-state index contributed by atoms with van der Waals surface area (Å²) < 4.78 is 0. The smallest absolute Gasteiger partial charge is 0.252 e. The second-order valence-electron chi connectivity index (χ2n) is 8.97. The zero-order valence-electron chi connectivity index (χ0n) is 22.3. The molecule has 200 valence electrons. The SMILES string of the molecule is C=CCCCCCCCC/C=N\NC(=O)[C@H](C)S[C@@H](C)C(=O)N/N=C/CCCCCCCCC=C. The topological polar surface area (TPSA) is 82.9 Å². The molecule has 0 rings (SSSR count). The Morgan fingerprint density at radius 3 is 1.29 bits per heavy atom. The number of hydrogen-bond acceptors (Lipinski definition) is 5. The molecular weight excluding hydrogens is 456 g/mol. The molecule has 0 aliphatic rings. The van der Waals surface area contributed by atoms with E-state index in [-0.39, 0.29) is 22.3 Å². The zero-order chi connectivity index (χ0) is 26.0. The van der Waals surface area contributed by atoms with Gasteiger partial charge in [0.05, 0.1) is 10.5 Å². The number of carbonyl (C=O) groups is 2. The number of carbonyl (C=O) groups excluding carboxylic acids is 2. The van der Waals surface area contributed by atoms with Gasteiger partial charge in [-0.2, -0.15) is 10.2 Å². The highest BCUT2D eigenvalue weighted by Gasteiger charge is 2.21. The van der Waals surface area contributed by atoms with E-state index in [0.717, 1.165) is 38.5 Å². The summed E-state index contributed by atoms with van der Waals surface area (Å²) in [5, 5.41) is 7.32. The maximum absolute atomic E-state index is 12.2. The summed E-state index contributed by atoms with van der Waals surface area (Å²) in [6, 6.07) is 0. The van der Waals surface area contributed by atoms with Gasteiger partial charge in [0, 0.05) is 12.4 Å². The quantitative estimate of drug-likeness (QED) is 0.0623. The van der Waals surface area contributed by atoms with E-state index in [4.69, 9.17) is 0 Å². The fourth-order valence-corrected chi connectivity index (χ4v) is 4.39. The molecule has 2 amide bonds. The molecule has 0 heterocycles. The summed E-state index contributed by atoms with van der Waals surface area (Å²) in [5.74, 6) is -0.387. The van der Waals surface area contributed by atoms with Crippen molar-refractivity contribution >= 4 is 36.0 Å². The Bertz CT molecular complexity index is 570. The first kappa shape index (κ1) is 33.1. The van der Waals surface area contributed by atoms with Gasteiger partial charge >= 0.3 is 0 Å². The van der Waals surface area contributed by atoms with Gasteiger partial charge in [-0.15, -0.1) is 24.9 Å². The van der Waals surface area contributed by atoms with E-state index in [1.807, 2.05) is 12.2 Å². The van der Waals surface area contributed by atoms with Crippen molar-refractivity contribution in [2.45, 2.75) is 127 Å². The normalized spacial score (nSPS) is 13.1. The molecule has 0 fully saturated rings. The molecule has 0 aliphatic carbocycles. The van der Waals surface area contributed by atoms with Crippen LogP contribution in [0.3, 0.4) is 0 Å². The van der Waals surface area contributed by atoms with Crippen LogP contribution in [0, 0.1) is 0 Å². The average Bonchev–Trinajstić information content (AvgIpc) is 2.85. The van der Waals surface area contributed by atoms with Crippen LogP contribution in [0.1, 0.15) is 117 Å². The van der Waals surface area contributed by atoms with Gasteiger partial charge in [0.25, 0.3) is 11.8 Å². The first-order chi connectivity index (χ1) is 17.0. The molecule has 0 radical (unpaired) electrons. The van der Waals surface area contributed by atoms with Crippen LogP contribution in [0.5, 0.6) is 0 Å². The second kappa shape index (κ2) is 25.2. The molecule has 2 atom stereocenters. The highest BCUT2D eigenvalue weighted by molar-refractivity contribution is 8.01. The fraction of sp³-hybridized carbons (Fsp3) is 0.714. The minimum atomic E-state index is -0.376. The summed E-state index contributed by atoms with van der Waals surface area (Å²) in [6.45, 7) is 11.1. The van der Waals surface area contributed by atoms with Crippen molar-refractivity contribution in [3.05, 3.63) is 25.3 Å². The van der Waals surface area contributed by atoms with E-state index in [9.17, 15) is 9.59 Å². The predicted octanol–water partition coefficient (Wildman–Crippen LogP) is 7.31. The Morgan fingerprint density at radius 2 is 0.943 bits per heavy atom. The summed E-state index contributed by atoms with van der Waals surface area (Å²) >= 11 is 1.30. The third kappa shape index (κ3) is 22.3. The van der Waals surface area contributed by atoms with Crippen molar-refractivity contribution < 1.29 is 9.59 Å². The lowest BCUT2D eigenvalue weighted by Crippen LogP contribution is -2.33.